The molecule has 2 heterocycles. The fourth-order valence-corrected chi connectivity index (χ4v) is 2.55. The second kappa shape index (κ2) is 6.71. The van der Waals surface area contributed by atoms with Gasteiger partial charge in [-0.25, -0.2) is 4.98 Å². The van der Waals surface area contributed by atoms with Crippen LogP contribution in [0.4, 0.5) is 0 Å². The van der Waals surface area contributed by atoms with Crippen molar-refractivity contribution in [2.45, 2.75) is 19.4 Å². The van der Waals surface area contributed by atoms with Crippen LogP contribution in [0.15, 0.2) is 12.1 Å². The molecule has 100 valence electrons. The van der Waals surface area contributed by atoms with Gasteiger partial charge in [0.2, 0.25) is 0 Å². The van der Waals surface area contributed by atoms with E-state index in [1.165, 1.54) is 25.9 Å². The molecule has 0 aliphatic carbocycles. The Morgan fingerprint density at radius 3 is 2.72 bits per heavy atom. The van der Waals surface area contributed by atoms with E-state index in [1.54, 1.807) is 12.1 Å². The summed E-state index contributed by atoms with van der Waals surface area (Å²) >= 11 is 12.0. The van der Waals surface area contributed by atoms with Crippen LogP contribution < -0.4 is 0 Å². The summed E-state index contributed by atoms with van der Waals surface area (Å²) in [5, 5.41) is 1.19. The number of likely N-dealkylation sites (N-methyl/N-ethyl adjacent to an activating group) is 1. The highest BCUT2D eigenvalue weighted by atomic mass is 35.5. The Labute approximate surface area is 119 Å². The zero-order valence-electron chi connectivity index (χ0n) is 10.7. The summed E-state index contributed by atoms with van der Waals surface area (Å²) in [6.45, 7) is 5.38. The minimum absolute atomic E-state index is 0.502. The summed E-state index contributed by atoms with van der Waals surface area (Å²) in [5.74, 6) is 0. The standard InChI is InChI=1S/C13H19Cl2N3/c1-17(8-9-18-6-2-3-7-18)10-12-11(14)4-5-13(15)16-12/h4-5H,2-3,6-10H2,1H3. The van der Waals surface area contributed by atoms with Crippen LogP contribution in [0.3, 0.4) is 0 Å². The number of likely N-dealkylation sites (tertiary alicyclic amines) is 1. The van der Waals surface area contributed by atoms with Crippen LogP contribution in [0.5, 0.6) is 0 Å². The molecule has 1 aromatic rings. The Hall–Kier alpha value is -0.350. The molecule has 0 unspecified atom stereocenters. The van der Waals surface area contributed by atoms with E-state index in [-0.39, 0.29) is 0 Å². The molecule has 1 saturated heterocycles. The van der Waals surface area contributed by atoms with Crippen molar-refractivity contribution in [1.82, 2.24) is 14.8 Å². The molecule has 1 aliphatic heterocycles. The third kappa shape index (κ3) is 4.09. The maximum Gasteiger partial charge on any atom is 0.129 e. The Bertz CT molecular complexity index is 392. The van der Waals surface area contributed by atoms with Gasteiger partial charge in [0.25, 0.3) is 0 Å². The topological polar surface area (TPSA) is 19.4 Å². The van der Waals surface area contributed by atoms with E-state index in [1.807, 2.05) is 0 Å². The number of halogens is 2. The van der Waals surface area contributed by atoms with Crippen molar-refractivity contribution >= 4 is 23.2 Å². The zero-order chi connectivity index (χ0) is 13.0. The molecule has 0 aromatic carbocycles. The van der Waals surface area contributed by atoms with E-state index < -0.39 is 0 Å². The second-order valence-corrected chi connectivity index (χ2v) is 5.64. The molecular formula is C13H19Cl2N3. The molecule has 0 amide bonds. The van der Waals surface area contributed by atoms with Crippen molar-refractivity contribution < 1.29 is 0 Å². The van der Waals surface area contributed by atoms with Gasteiger partial charge in [-0.1, -0.05) is 23.2 Å². The normalized spacial score (nSPS) is 16.7. The lowest BCUT2D eigenvalue weighted by atomic mass is 10.3. The largest absolute Gasteiger partial charge is 0.302 e. The van der Waals surface area contributed by atoms with Crippen LogP contribution in [0.2, 0.25) is 10.2 Å². The highest BCUT2D eigenvalue weighted by molar-refractivity contribution is 6.32. The van der Waals surface area contributed by atoms with Gasteiger partial charge in [0.05, 0.1) is 10.7 Å². The van der Waals surface area contributed by atoms with Gasteiger partial charge in [-0.3, -0.25) is 4.90 Å². The maximum absolute atomic E-state index is 6.11. The molecule has 0 N–H and O–H groups in total. The molecule has 18 heavy (non-hydrogen) atoms. The Balaban J connectivity index is 1.82. The number of pyridine rings is 1. The first-order valence-corrected chi connectivity index (χ1v) is 7.12. The Kier molecular flexibility index (Phi) is 5.25. The lowest BCUT2D eigenvalue weighted by Crippen LogP contribution is -2.31. The smallest absolute Gasteiger partial charge is 0.129 e. The van der Waals surface area contributed by atoms with E-state index in [0.29, 0.717) is 10.2 Å². The fraction of sp³-hybridized carbons (Fsp3) is 0.615. The fourth-order valence-electron chi connectivity index (χ4n) is 2.22. The first-order chi connectivity index (χ1) is 8.65. The molecule has 0 radical (unpaired) electrons. The van der Waals surface area contributed by atoms with Crippen molar-refractivity contribution in [3.8, 4) is 0 Å². The number of nitrogens with zero attached hydrogens (tertiary/aromatic N) is 3. The summed E-state index contributed by atoms with van der Waals surface area (Å²) in [5.41, 5.74) is 0.855. The van der Waals surface area contributed by atoms with E-state index in [0.717, 1.165) is 25.3 Å². The Morgan fingerprint density at radius 1 is 1.28 bits per heavy atom. The van der Waals surface area contributed by atoms with Crippen LogP contribution in [0, 0.1) is 0 Å². The first kappa shape index (κ1) is 14.1. The van der Waals surface area contributed by atoms with Gasteiger partial charge in [-0.05, 0) is 45.1 Å². The van der Waals surface area contributed by atoms with E-state index in [9.17, 15) is 0 Å². The monoisotopic (exact) mass is 287 g/mol. The molecule has 0 saturated carbocycles. The minimum Gasteiger partial charge on any atom is -0.302 e. The molecular weight excluding hydrogens is 269 g/mol. The molecule has 0 atom stereocenters. The van der Waals surface area contributed by atoms with Crippen molar-refractivity contribution in [2.75, 3.05) is 33.2 Å². The second-order valence-electron chi connectivity index (χ2n) is 4.85. The van der Waals surface area contributed by atoms with Gasteiger partial charge in [-0.15, -0.1) is 0 Å². The van der Waals surface area contributed by atoms with Gasteiger partial charge in [0, 0.05) is 19.6 Å². The van der Waals surface area contributed by atoms with Crippen LogP contribution in [-0.2, 0) is 6.54 Å². The van der Waals surface area contributed by atoms with Crippen LogP contribution in [0.25, 0.3) is 0 Å². The van der Waals surface area contributed by atoms with E-state index in [4.69, 9.17) is 23.2 Å². The molecule has 2 rings (SSSR count). The van der Waals surface area contributed by atoms with Crippen molar-refractivity contribution in [3.05, 3.63) is 28.0 Å². The zero-order valence-corrected chi connectivity index (χ0v) is 12.2. The predicted molar refractivity (Wildman–Crippen MR) is 76.3 cm³/mol. The van der Waals surface area contributed by atoms with Gasteiger partial charge >= 0.3 is 0 Å². The van der Waals surface area contributed by atoms with Gasteiger partial charge < -0.3 is 4.90 Å². The van der Waals surface area contributed by atoms with Gasteiger partial charge in [0.1, 0.15) is 5.15 Å². The molecule has 1 fully saturated rings. The molecule has 1 aliphatic rings. The molecule has 0 bridgehead atoms. The van der Waals surface area contributed by atoms with Gasteiger partial charge in [0.15, 0.2) is 0 Å². The number of hydrogen-bond donors (Lipinski definition) is 0. The lowest BCUT2D eigenvalue weighted by molar-refractivity contribution is 0.251. The molecule has 0 spiro atoms. The third-order valence-corrected chi connectivity index (χ3v) is 3.86. The van der Waals surface area contributed by atoms with Crippen molar-refractivity contribution in [3.63, 3.8) is 0 Å². The van der Waals surface area contributed by atoms with Crippen LogP contribution >= 0.6 is 23.2 Å². The summed E-state index contributed by atoms with van der Waals surface area (Å²) in [6.07, 6.45) is 2.68. The molecule has 1 aromatic heterocycles. The first-order valence-electron chi connectivity index (χ1n) is 6.37. The SMILES string of the molecule is CN(CCN1CCCC1)Cc1nc(Cl)ccc1Cl. The lowest BCUT2D eigenvalue weighted by Gasteiger charge is -2.21. The van der Waals surface area contributed by atoms with E-state index in [2.05, 4.69) is 21.8 Å². The highest BCUT2D eigenvalue weighted by Crippen LogP contribution is 2.18. The quantitative estimate of drug-likeness (QED) is 0.777. The highest BCUT2D eigenvalue weighted by Gasteiger charge is 2.12. The third-order valence-electron chi connectivity index (χ3n) is 3.30. The summed E-state index contributed by atoms with van der Waals surface area (Å²) in [4.78, 5) is 9.01. The van der Waals surface area contributed by atoms with Crippen molar-refractivity contribution in [1.29, 1.82) is 0 Å². The molecule has 5 heteroatoms. The van der Waals surface area contributed by atoms with Gasteiger partial charge in [-0.2, -0.15) is 0 Å². The average Bonchev–Trinajstić information content (AvgIpc) is 2.84. The summed E-state index contributed by atoms with van der Waals surface area (Å²) in [7, 11) is 2.09. The predicted octanol–water partition coefficient (Wildman–Crippen LogP) is 2.92. The molecule has 3 nitrogen and oxygen atoms in total. The maximum atomic E-state index is 6.11. The van der Waals surface area contributed by atoms with E-state index >= 15 is 0 Å². The Morgan fingerprint density at radius 2 is 2.00 bits per heavy atom. The average molecular weight is 288 g/mol. The van der Waals surface area contributed by atoms with Crippen molar-refractivity contribution in [2.24, 2.45) is 0 Å². The van der Waals surface area contributed by atoms with Crippen LogP contribution in [0.1, 0.15) is 18.5 Å². The van der Waals surface area contributed by atoms with Crippen LogP contribution in [-0.4, -0.2) is 48.0 Å². The summed E-state index contributed by atoms with van der Waals surface area (Å²) in [6, 6.07) is 3.53. The summed E-state index contributed by atoms with van der Waals surface area (Å²) < 4.78 is 0. The minimum atomic E-state index is 0.502. The number of rotatable bonds is 5. The number of aromatic nitrogens is 1. The number of hydrogen-bond acceptors (Lipinski definition) is 3.